The second-order valence-electron chi connectivity index (χ2n) is 2.02. The van der Waals surface area contributed by atoms with Gasteiger partial charge in [-0.2, -0.15) is 0 Å². The number of primary sulfonamides is 1. The molecule has 0 aliphatic heterocycles. The normalized spacial score (nSPS) is 11.1. The Morgan fingerprint density at radius 2 is 2.18 bits per heavy atom. The minimum absolute atomic E-state index is 0.298. The molecule has 11 heavy (non-hydrogen) atoms. The summed E-state index contributed by atoms with van der Waals surface area (Å²) in [4.78, 5) is 10.6. The third-order valence-electron chi connectivity index (χ3n) is 0.861. The van der Waals surface area contributed by atoms with Crippen molar-refractivity contribution in [1.29, 1.82) is 0 Å². The van der Waals surface area contributed by atoms with Crippen molar-refractivity contribution in [1.82, 2.24) is 5.32 Å². The van der Waals surface area contributed by atoms with Crippen molar-refractivity contribution in [2.75, 3.05) is 0 Å². The first-order chi connectivity index (χ1) is 4.95. The van der Waals surface area contributed by atoms with Gasteiger partial charge in [0, 0.05) is 6.42 Å². The van der Waals surface area contributed by atoms with Crippen LogP contribution in [0, 0.1) is 5.88 Å². The molecule has 65 valence electrons. The lowest BCUT2D eigenvalue weighted by Gasteiger charge is -1.99. The quantitative estimate of drug-likeness (QED) is 0.598. The van der Waals surface area contributed by atoms with Crippen molar-refractivity contribution >= 4 is 15.9 Å². The highest BCUT2D eigenvalue weighted by atomic mass is 32.2. The largest absolute Gasteiger partial charge is 0.336 e. The average Bonchev–Trinajstić information content (AvgIpc) is 1.83. The first-order valence-electron chi connectivity index (χ1n) is 3.11. The third kappa shape index (κ3) is 7.27. The number of nitrogens with two attached hydrogens (primary N) is 1. The molecule has 0 spiro atoms. The van der Waals surface area contributed by atoms with E-state index >= 15 is 0 Å². The molecule has 0 saturated heterocycles. The van der Waals surface area contributed by atoms with Gasteiger partial charge in [-0.05, 0) is 6.42 Å². The van der Waals surface area contributed by atoms with E-state index in [4.69, 9.17) is 0 Å². The zero-order valence-corrected chi connectivity index (χ0v) is 7.02. The van der Waals surface area contributed by atoms with E-state index in [1.165, 1.54) is 0 Å². The van der Waals surface area contributed by atoms with E-state index in [1.807, 2.05) is 12.2 Å². The summed E-state index contributed by atoms with van der Waals surface area (Å²) in [6.45, 7) is 1.82. The Hall–Kier alpha value is -0.620. The third-order valence-corrected chi connectivity index (χ3v) is 1.31. The highest BCUT2D eigenvalue weighted by molar-refractivity contribution is 7.91. The molecule has 0 unspecified atom stereocenters. The Bertz CT molecular complexity index is 222. The highest BCUT2D eigenvalue weighted by Gasteiger charge is 2.05. The molecular weight excluding hydrogens is 168 g/mol. The van der Waals surface area contributed by atoms with Gasteiger partial charge in [0.2, 0.25) is 15.9 Å². The number of nitrogens with one attached hydrogen (secondary N) is 1. The van der Waals surface area contributed by atoms with Crippen LogP contribution in [0.2, 0.25) is 0 Å². The average molecular weight is 179 g/mol. The maximum absolute atomic E-state index is 10.6. The van der Waals surface area contributed by atoms with Crippen molar-refractivity contribution in [2.24, 2.45) is 5.14 Å². The molecule has 0 aromatic rings. The van der Waals surface area contributed by atoms with Crippen LogP contribution in [0.15, 0.2) is 0 Å². The predicted octanol–water partition coefficient (Wildman–Crippen LogP) is -0.690. The summed E-state index contributed by atoms with van der Waals surface area (Å²) in [5.74, 6) is 0.242. The van der Waals surface area contributed by atoms with E-state index in [-0.39, 0.29) is 5.91 Å². The molecule has 0 heterocycles. The summed E-state index contributed by atoms with van der Waals surface area (Å²) in [6.07, 6.45) is 0.969. The second-order valence-corrected chi connectivity index (χ2v) is 3.44. The lowest BCUT2D eigenvalue weighted by molar-refractivity contribution is -0.120. The Kier molecular flexibility index (Phi) is 4.06. The fraction of sp³-hybridized carbons (Fsp3) is 0.600. The molecule has 1 amide bonds. The topological polar surface area (TPSA) is 89.3 Å². The smallest absolute Gasteiger partial charge is 0.233 e. The van der Waals surface area contributed by atoms with Crippen molar-refractivity contribution in [2.45, 2.75) is 19.8 Å². The summed E-state index contributed by atoms with van der Waals surface area (Å²) in [6, 6.07) is 0. The number of hydrogen-bond acceptors (Lipinski definition) is 3. The zero-order chi connectivity index (χ0) is 8.91. The number of hydrogen-bond donors (Lipinski definition) is 2. The summed E-state index contributed by atoms with van der Waals surface area (Å²) < 4.78 is 20.5. The Balaban J connectivity index is 3.64. The molecule has 0 saturated carbocycles. The molecule has 0 aliphatic carbocycles. The van der Waals surface area contributed by atoms with E-state index in [1.54, 1.807) is 0 Å². The van der Waals surface area contributed by atoms with Gasteiger partial charge in [-0.1, -0.05) is 6.92 Å². The molecule has 5 nitrogen and oxygen atoms in total. The van der Waals surface area contributed by atoms with Crippen LogP contribution in [0.3, 0.4) is 0 Å². The van der Waals surface area contributed by atoms with Gasteiger partial charge in [0.1, 0.15) is 0 Å². The van der Waals surface area contributed by atoms with E-state index < -0.39 is 10.0 Å². The summed E-state index contributed by atoms with van der Waals surface area (Å²) in [7, 11) is -3.69. The van der Waals surface area contributed by atoms with Gasteiger partial charge in [-0.15, -0.1) is 0 Å². The lowest BCUT2D eigenvalue weighted by atomic mass is 10.3. The van der Waals surface area contributed by atoms with Crippen LogP contribution in [0.5, 0.6) is 0 Å². The number of amides is 1. The first kappa shape index (κ1) is 10.4. The molecule has 1 radical (unpaired) electrons. The molecule has 0 rings (SSSR count). The molecule has 3 N–H and O–H groups in total. The van der Waals surface area contributed by atoms with Gasteiger partial charge in [-0.3, -0.25) is 4.79 Å². The standard InChI is InChI=1S/C5H11N2O3S/c1-2-3-5(8)7-4-11(6,9)10/h4H,2-3H2,1H3,(H,7,8)(H2,6,9,10). The van der Waals surface area contributed by atoms with Crippen LogP contribution < -0.4 is 10.5 Å². The lowest BCUT2D eigenvalue weighted by Crippen LogP contribution is -2.27. The van der Waals surface area contributed by atoms with Gasteiger partial charge >= 0.3 is 0 Å². The minimum atomic E-state index is -3.69. The summed E-state index contributed by atoms with van der Waals surface area (Å²) >= 11 is 0. The highest BCUT2D eigenvalue weighted by Crippen LogP contribution is 1.87. The Morgan fingerprint density at radius 3 is 2.55 bits per heavy atom. The van der Waals surface area contributed by atoms with Crippen LogP contribution in [-0.2, 0) is 14.8 Å². The van der Waals surface area contributed by atoms with E-state index in [0.717, 1.165) is 0 Å². The van der Waals surface area contributed by atoms with E-state index in [2.05, 4.69) is 5.14 Å². The fourth-order valence-electron chi connectivity index (χ4n) is 0.447. The van der Waals surface area contributed by atoms with Crippen molar-refractivity contribution in [3.63, 3.8) is 0 Å². The van der Waals surface area contributed by atoms with Crippen molar-refractivity contribution in [3.8, 4) is 0 Å². The monoisotopic (exact) mass is 179 g/mol. The Labute approximate surface area is 66.0 Å². The summed E-state index contributed by atoms with van der Waals surface area (Å²) in [5.41, 5.74) is 0. The van der Waals surface area contributed by atoms with Crippen LogP contribution in [0.1, 0.15) is 19.8 Å². The van der Waals surface area contributed by atoms with Gasteiger partial charge in [-0.25, -0.2) is 13.6 Å². The molecule has 0 aliphatic rings. The minimum Gasteiger partial charge on any atom is -0.336 e. The predicted molar refractivity (Wildman–Crippen MR) is 40.5 cm³/mol. The number of rotatable bonds is 4. The molecular formula is C5H11N2O3S. The van der Waals surface area contributed by atoms with Crippen molar-refractivity contribution in [3.05, 3.63) is 5.88 Å². The second kappa shape index (κ2) is 4.30. The molecule has 0 aromatic carbocycles. The maximum atomic E-state index is 10.6. The van der Waals surface area contributed by atoms with Crippen molar-refractivity contribution < 1.29 is 13.2 Å². The molecule has 0 bridgehead atoms. The maximum Gasteiger partial charge on any atom is 0.233 e. The van der Waals surface area contributed by atoms with Crippen LogP contribution in [0.25, 0.3) is 0 Å². The number of carbonyl (C=O) groups excluding carboxylic acids is 1. The molecule has 0 fully saturated rings. The van der Waals surface area contributed by atoms with Crippen LogP contribution in [-0.4, -0.2) is 14.3 Å². The molecule has 0 atom stereocenters. The zero-order valence-electron chi connectivity index (χ0n) is 6.20. The Morgan fingerprint density at radius 1 is 1.64 bits per heavy atom. The van der Waals surface area contributed by atoms with E-state index in [0.29, 0.717) is 18.7 Å². The van der Waals surface area contributed by atoms with E-state index in [9.17, 15) is 13.2 Å². The number of carbonyl (C=O) groups is 1. The fourth-order valence-corrected chi connectivity index (χ4v) is 0.743. The SMILES string of the molecule is CCCC(=O)N[CH]S(N)(=O)=O. The van der Waals surface area contributed by atoms with Gasteiger partial charge in [0.25, 0.3) is 0 Å². The first-order valence-corrected chi connectivity index (χ1v) is 4.72. The summed E-state index contributed by atoms with van der Waals surface area (Å²) in [5, 5.41) is 6.63. The molecule has 6 heteroatoms. The van der Waals surface area contributed by atoms with Crippen LogP contribution in [0.4, 0.5) is 0 Å². The number of sulfonamides is 1. The van der Waals surface area contributed by atoms with Gasteiger partial charge in [0.15, 0.2) is 5.88 Å². The van der Waals surface area contributed by atoms with Gasteiger partial charge in [0.05, 0.1) is 0 Å². The van der Waals surface area contributed by atoms with Crippen LogP contribution >= 0.6 is 0 Å². The molecule has 0 aromatic heterocycles. The van der Waals surface area contributed by atoms with Gasteiger partial charge < -0.3 is 5.32 Å².